The molecule has 1 amide bonds. The number of hydrogen-bond donors (Lipinski definition) is 1. The van der Waals surface area contributed by atoms with Crippen LogP contribution in [0.5, 0.6) is 5.75 Å². The Balaban J connectivity index is 2.15. The Morgan fingerprint density at radius 2 is 2.04 bits per heavy atom. The zero-order valence-electron chi connectivity index (χ0n) is 12.7. The first-order valence-electron chi connectivity index (χ1n) is 6.82. The van der Waals surface area contributed by atoms with Crippen molar-refractivity contribution in [1.82, 2.24) is 4.98 Å². The summed E-state index contributed by atoms with van der Waals surface area (Å²) < 4.78 is 31.8. The number of aryl methyl sites for hydroxylation is 1. The first-order chi connectivity index (χ1) is 11.3. The quantitative estimate of drug-likeness (QED) is 0.668. The van der Waals surface area contributed by atoms with Gasteiger partial charge in [-0.3, -0.25) is 4.79 Å². The number of carbonyl (C=O) groups excluding carboxylic acids is 1. The maximum atomic E-state index is 13.5. The number of rotatable bonds is 5. The van der Waals surface area contributed by atoms with Crippen LogP contribution in [0.25, 0.3) is 0 Å². The van der Waals surface area contributed by atoms with E-state index in [1.807, 2.05) is 0 Å². The molecule has 1 aromatic carbocycles. The third-order valence-corrected chi connectivity index (χ3v) is 3.01. The lowest BCUT2D eigenvalue weighted by molar-refractivity contribution is -0.390. The lowest BCUT2D eigenvalue weighted by Crippen LogP contribution is -2.30. The van der Waals surface area contributed by atoms with E-state index in [0.29, 0.717) is 5.69 Å². The first kappa shape index (κ1) is 17.3. The molecule has 0 fully saturated rings. The maximum Gasteiger partial charge on any atom is 0.406 e. The topological polar surface area (TPSA) is 94.4 Å². The van der Waals surface area contributed by atoms with Crippen molar-refractivity contribution < 1.29 is 23.2 Å². The van der Waals surface area contributed by atoms with Crippen molar-refractivity contribution in [2.75, 3.05) is 5.32 Å². The van der Waals surface area contributed by atoms with Crippen LogP contribution in [0.1, 0.15) is 12.6 Å². The van der Waals surface area contributed by atoms with Crippen molar-refractivity contribution >= 4 is 17.4 Å². The van der Waals surface area contributed by atoms with Crippen LogP contribution >= 0.6 is 0 Å². The summed E-state index contributed by atoms with van der Waals surface area (Å²) in [7, 11) is 0. The molecule has 0 bridgehead atoms. The molecular weight excluding hydrogens is 324 g/mol. The number of halogens is 2. The van der Waals surface area contributed by atoms with E-state index in [9.17, 15) is 23.7 Å². The molecule has 0 radical (unpaired) electrons. The Labute approximate surface area is 135 Å². The summed E-state index contributed by atoms with van der Waals surface area (Å²) >= 11 is 0. The van der Waals surface area contributed by atoms with Crippen LogP contribution in [-0.2, 0) is 4.79 Å². The Bertz CT molecular complexity index is 798. The largest absolute Gasteiger partial charge is 0.473 e. The van der Waals surface area contributed by atoms with Gasteiger partial charge in [-0.25, -0.2) is 8.78 Å². The van der Waals surface area contributed by atoms with E-state index < -0.39 is 34.4 Å². The van der Waals surface area contributed by atoms with Crippen molar-refractivity contribution in [2.24, 2.45) is 0 Å². The Hall–Kier alpha value is -3.10. The van der Waals surface area contributed by atoms with Gasteiger partial charge in [0.1, 0.15) is 17.3 Å². The van der Waals surface area contributed by atoms with Gasteiger partial charge in [-0.2, -0.15) is 0 Å². The van der Waals surface area contributed by atoms with Gasteiger partial charge in [0.05, 0.1) is 5.69 Å². The Morgan fingerprint density at radius 1 is 1.33 bits per heavy atom. The lowest BCUT2D eigenvalue weighted by atomic mass is 10.2. The summed E-state index contributed by atoms with van der Waals surface area (Å²) in [5.41, 5.74) is 0.0555. The number of benzene rings is 1. The third kappa shape index (κ3) is 4.00. The fraction of sp³-hybridized carbons (Fsp3) is 0.200. The molecule has 0 aliphatic carbocycles. The van der Waals surface area contributed by atoms with Gasteiger partial charge < -0.3 is 20.2 Å². The van der Waals surface area contributed by atoms with Crippen molar-refractivity contribution in [2.45, 2.75) is 20.0 Å². The molecule has 0 saturated carbocycles. The SMILES string of the molecule is Cc1ccc(O[C@H](C)C(=O)Nc2cc(F)ccc2F)c([N+](=O)[O-])n1. The summed E-state index contributed by atoms with van der Waals surface area (Å²) in [6, 6.07) is 5.39. The molecule has 1 aromatic heterocycles. The van der Waals surface area contributed by atoms with Gasteiger partial charge in [0.25, 0.3) is 5.91 Å². The van der Waals surface area contributed by atoms with E-state index in [4.69, 9.17) is 4.74 Å². The standard InChI is InChI=1S/C15H13F2N3O4/c1-8-3-6-13(14(18-8)20(22)23)24-9(2)15(21)19-12-7-10(16)4-5-11(12)17/h3-7,9H,1-2H3,(H,19,21)/t9-/m1/s1. The van der Waals surface area contributed by atoms with Crippen LogP contribution < -0.4 is 10.1 Å². The van der Waals surface area contributed by atoms with Gasteiger partial charge in [0.2, 0.25) is 5.75 Å². The predicted molar refractivity (Wildman–Crippen MR) is 80.7 cm³/mol. The van der Waals surface area contributed by atoms with Crippen LogP contribution in [0, 0.1) is 28.7 Å². The van der Waals surface area contributed by atoms with Gasteiger partial charge in [-0.15, -0.1) is 0 Å². The van der Waals surface area contributed by atoms with E-state index in [0.717, 1.165) is 18.2 Å². The molecule has 9 heteroatoms. The highest BCUT2D eigenvalue weighted by Crippen LogP contribution is 2.26. The summed E-state index contributed by atoms with van der Waals surface area (Å²) in [6.07, 6.45) is -1.20. The van der Waals surface area contributed by atoms with Crippen molar-refractivity contribution in [3.8, 4) is 5.75 Å². The van der Waals surface area contributed by atoms with E-state index in [1.54, 1.807) is 6.92 Å². The number of anilines is 1. The molecule has 7 nitrogen and oxygen atoms in total. The minimum Gasteiger partial charge on any atom is -0.473 e. The molecule has 1 N–H and O–H groups in total. The average Bonchev–Trinajstić information content (AvgIpc) is 2.52. The number of pyridine rings is 1. The van der Waals surface area contributed by atoms with Gasteiger partial charge in [-0.1, -0.05) is 0 Å². The molecule has 0 spiro atoms. The number of amides is 1. The molecule has 0 aliphatic rings. The summed E-state index contributed by atoms with van der Waals surface area (Å²) in [5.74, 6) is -3.08. The third-order valence-electron chi connectivity index (χ3n) is 3.01. The normalized spacial score (nSPS) is 11.7. The van der Waals surface area contributed by atoms with Crippen LogP contribution in [0.15, 0.2) is 30.3 Å². The maximum absolute atomic E-state index is 13.5. The highest BCUT2D eigenvalue weighted by Gasteiger charge is 2.23. The minimum atomic E-state index is -1.20. The lowest BCUT2D eigenvalue weighted by Gasteiger charge is -2.15. The molecule has 0 unspecified atom stereocenters. The van der Waals surface area contributed by atoms with Gasteiger partial charge in [-0.05, 0) is 41.1 Å². The van der Waals surface area contributed by atoms with Crippen molar-refractivity contribution in [1.29, 1.82) is 0 Å². The first-order valence-corrected chi connectivity index (χ1v) is 6.82. The molecule has 0 saturated heterocycles. The highest BCUT2D eigenvalue weighted by atomic mass is 19.1. The Kier molecular flexibility index (Phi) is 5.02. The average molecular weight is 337 g/mol. The van der Waals surface area contributed by atoms with Gasteiger partial charge in [0.15, 0.2) is 6.10 Å². The van der Waals surface area contributed by atoms with E-state index in [1.165, 1.54) is 19.1 Å². The van der Waals surface area contributed by atoms with E-state index >= 15 is 0 Å². The van der Waals surface area contributed by atoms with Crippen molar-refractivity contribution in [3.05, 3.63) is 57.8 Å². The Morgan fingerprint density at radius 3 is 2.71 bits per heavy atom. The zero-order chi connectivity index (χ0) is 17.9. The molecule has 0 aliphatic heterocycles. The highest BCUT2D eigenvalue weighted by molar-refractivity contribution is 5.94. The molecule has 2 aromatic rings. The number of nitrogens with zero attached hydrogens (tertiary/aromatic N) is 2. The second-order valence-corrected chi connectivity index (χ2v) is 4.90. The molecule has 1 atom stereocenters. The smallest absolute Gasteiger partial charge is 0.406 e. The second-order valence-electron chi connectivity index (χ2n) is 4.90. The number of ether oxygens (including phenoxy) is 1. The molecule has 2 rings (SSSR count). The van der Waals surface area contributed by atoms with E-state index in [2.05, 4.69) is 10.3 Å². The van der Waals surface area contributed by atoms with E-state index in [-0.39, 0.29) is 11.4 Å². The zero-order valence-corrected chi connectivity index (χ0v) is 12.7. The van der Waals surface area contributed by atoms with Gasteiger partial charge in [0, 0.05) is 13.0 Å². The van der Waals surface area contributed by atoms with Gasteiger partial charge >= 0.3 is 5.82 Å². The summed E-state index contributed by atoms with van der Waals surface area (Å²) in [4.78, 5) is 26.0. The van der Waals surface area contributed by atoms with Crippen molar-refractivity contribution in [3.63, 3.8) is 0 Å². The monoisotopic (exact) mass is 337 g/mol. The second kappa shape index (κ2) is 6.99. The molecule has 1 heterocycles. The fourth-order valence-corrected chi connectivity index (χ4v) is 1.82. The summed E-state index contributed by atoms with van der Waals surface area (Å²) in [6.45, 7) is 2.88. The number of hydrogen-bond acceptors (Lipinski definition) is 5. The molecule has 126 valence electrons. The number of nitrogens with one attached hydrogen (secondary N) is 1. The van der Waals surface area contributed by atoms with Crippen LogP contribution in [-0.4, -0.2) is 21.9 Å². The fourth-order valence-electron chi connectivity index (χ4n) is 1.82. The minimum absolute atomic E-state index is 0.201. The number of nitro groups is 1. The predicted octanol–water partition coefficient (Wildman–Crippen LogP) is 2.98. The van der Waals surface area contributed by atoms with Crippen LogP contribution in [0.3, 0.4) is 0 Å². The van der Waals surface area contributed by atoms with Crippen LogP contribution in [0.4, 0.5) is 20.3 Å². The number of aromatic nitrogens is 1. The molecule has 24 heavy (non-hydrogen) atoms. The molecular formula is C15H13F2N3O4. The van der Waals surface area contributed by atoms with Crippen LogP contribution in [0.2, 0.25) is 0 Å². The summed E-state index contributed by atoms with van der Waals surface area (Å²) in [5, 5.41) is 13.1. The number of carbonyl (C=O) groups is 1.